The minimum atomic E-state index is 0.255. The van der Waals surface area contributed by atoms with E-state index in [1.807, 2.05) is 18.4 Å². The standard InChI is InChI=1S/C11H12N2OS/c1-2-3-8(14)6-10-11-9(4-5-15-11)12-7-13-10/h4-5,7H,2-3,6H2,1H3. The van der Waals surface area contributed by atoms with Crippen LogP contribution in [-0.2, 0) is 11.2 Å². The van der Waals surface area contributed by atoms with Crippen molar-refractivity contribution in [3.05, 3.63) is 23.5 Å². The molecule has 0 aliphatic heterocycles. The van der Waals surface area contributed by atoms with Crippen LogP contribution in [0.25, 0.3) is 10.2 Å². The number of Topliss-reactive ketones (excluding diaryl/α,β-unsaturated/α-hetero) is 1. The molecule has 2 rings (SSSR count). The first kappa shape index (κ1) is 10.2. The summed E-state index contributed by atoms with van der Waals surface area (Å²) in [5.74, 6) is 0.255. The van der Waals surface area contributed by atoms with Gasteiger partial charge >= 0.3 is 0 Å². The van der Waals surface area contributed by atoms with Crippen LogP contribution in [0.4, 0.5) is 0 Å². The summed E-state index contributed by atoms with van der Waals surface area (Å²) in [5, 5.41) is 1.98. The van der Waals surface area contributed by atoms with E-state index < -0.39 is 0 Å². The van der Waals surface area contributed by atoms with E-state index in [0.717, 1.165) is 22.3 Å². The van der Waals surface area contributed by atoms with E-state index in [4.69, 9.17) is 0 Å². The molecule has 0 aliphatic rings. The van der Waals surface area contributed by atoms with Crippen LogP contribution in [0, 0.1) is 0 Å². The molecule has 0 saturated heterocycles. The molecule has 4 heteroatoms. The number of ketones is 1. The molecule has 15 heavy (non-hydrogen) atoms. The maximum Gasteiger partial charge on any atom is 0.138 e. The molecule has 0 saturated carbocycles. The first-order chi connectivity index (χ1) is 7.31. The Morgan fingerprint density at radius 1 is 1.47 bits per heavy atom. The lowest BCUT2D eigenvalue weighted by Crippen LogP contribution is -2.03. The Labute approximate surface area is 92.2 Å². The SMILES string of the molecule is CCCC(=O)Cc1ncnc2ccsc12. The Morgan fingerprint density at radius 3 is 3.13 bits per heavy atom. The lowest BCUT2D eigenvalue weighted by molar-refractivity contribution is -0.118. The topological polar surface area (TPSA) is 42.9 Å². The van der Waals surface area contributed by atoms with Gasteiger partial charge in [0.05, 0.1) is 22.3 Å². The maximum atomic E-state index is 11.5. The minimum Gasteiger partial charge on any atom is -0.299 e. The van der Waals surface area contributed by atoms with Gasteiger partial charge in [-0.2, -0.15) is 0 Å². The van der Waals surface area contributed by atoms with Crippen molar-refractivity contribution in [1.82, 2.24) is 9.97 Å². The lowest BCUT2D eigenvalue weighted by Gasteiger charge is -1.99. The highest BCUT2D eigenvalue weighted by molar-refractivity contribution is 7.17. The summed E-state index contributed by atoms with van der Waals surface area (Å²) in [6, 6.07) is 1.95. The van der Waals surface area contributed by atoms with Crippen LogP contribution in [0.1, 0.15) is 25.5 Å². The Balaban J connectivity index is 2.27. The molecule has 0 N–H and O–H groups in total. The van der Waals surface area contributed by atoms with Gasteiger partial charge in [0.1, 0.15) is 12.1 Å². The average Bonchev–Trinajstić information content (AvgIpc) is 2.67. The third kappa shape index (κ3) is 2.21. The second-order valence-electron chi connectivity index (χ2n) is 3.42. The smallest absolute Gasteiger partial charge is 0.138 e. The molecule has 2 aromatic rings. The summed E-state index contributed by atoms with van der Waals surface area (Å²) >= 11 is 1.60. The predicted octanol–water partition coefficient (Wildman–Crippen LogP) is 2.60. The fourth-order valence-corrected chi connectivity index (χ4v) is 2.35. The van der Waals surface area contributed by atoms with Crippen molar-refractivity contribution < 1.29 is 4.79 Å². The molecule has 0 spiro atoms. The van der Waals surface area contributed by atoms with E-state index in [2.05, 4.69) is 9.97 Å². The molecule has 0 unspecified atom stereocenters. The maximum absolute atomic E-state index is 11.5. The molecule has 0 aromatic carbocycles. The number of nitrogens with zero attached hydrogens (tertiary/aromatic N) is 2. The molecule has 0 radical (unpaired) electrons. The summed E-state index contributed by atoms with van der Waals surface area (Å²) in [6.45, 7) is 2.01. The summed E-state index contributed by atoms with van der Waals surface area (Å²) in [6.07, 6.45) is 3.51. The van der Waals surface area contributed by atoms with Gasteiger partial charge in [0.25, 0.3) is 0 Å². The number of hydrogen-bond donors (Lipinski definition) is 0. The molecule has 0 aliphatic carbocycles. The number of hydrogen-bond acceptors (Lipinski definition) is 4. The Hall–Kier alpha value is -1.29. The van der Waals surface area contributed by atoms with Crippen LogP contribution < -0.4 is 0 Å². The molecule has 2 aromatic heterocycles. The molecule has 0 atom stereocenters. The normalized spacial score (nSPS) is 10.7. The van der Waals surface area contributed by atoms with Crippen LogP contribution in [0.2, 0.25) is 0 Å². The van der Waals surface area contributed by atoms with Gasteiger partial charge in [-0.3, -0.25) is 4.79 Å². The largest absolute Gasteiger partial charge is 0.299 e. The Morgan fingerprint density at radius 2 is 2.33 bits per heavy atom. The van der Waals surface area contributed by atoms with Crippen LogP contribution in [0.15, 0.2) is 17.8 Å². The summed E-state index contributed by atoms with van der Waals surface area (Å²) < 4.78 is 1.04. The van der Waals surface area contributed by atoms with Gasteiger partial charge in [0.2, 0.25) is 0 Å². The second-order valence-corrected chi connectivity index (χ2v) is 4.34. The van der Waals surface area contributed by atoms with Gasteiger partial charge in [-0.25, -0.2) is 9.97 Å². The number of carbonyl (C=O) groups is 1. The van der Waals surface area contributed by atoms with Gasteiger partial charge in [0.15, 0.2) is 0 Å². The van der Waals surface area contributed by atoms with Crippen LogP contribution in [0.3, 0.4) is 0 Å². The van der Waals surface area contributed by atoms with Gasteiger partial charge in [0, 0.05) is 6.42 Å². The zero-order valence-corrected chi connectivity index (χ0v) is 9.38. The fraction of sp³-hybridized carbons (Fsp3) is 0.364. The van der Waals surface area contributed by atoms with E-state index in [-0.39, 0.29) is 5.78 Å². The monoisotopic (exact) mass is 220 g/mol. The van der Waals surface area contributed by atoms with Crippen molar-refractivity contribution in [2.45, 2.75) is 26.2 Å². The fourth-order valence-electron chi connectivity index (χ4n) is 1.52. The van der Waals surface area contributed by atoms with Gasteiger partial charge < -0.3 is 0 Å². The lowest BCUT2D eigenvalue weighted by atomic mass is 10.1. The molecular formula is C11H12N2OS. The highest BCUT2D eigenvalue weighted by atomic mass is 32.1. The summed E-state index contributed by atoms with van der Waals surface area (Å²) in [4.78, 5) is 19.8. The van der Waals surface area contributed by atoms with E-state index in [1.54, 1.807) is 11.3 Å². The van der Waals surface area contributed by atoms with Crippen molar-refractivity contribution >= 4 is 27.3 Å². The predicted molar refractivity (Wildman–Crippen MR) is 61.0 cm³/mol. The van der Waals surface area contributed by atoms with Gasteiger partial charge in [-0.05, 0) is 17.9 Å². The molecule has 0 amide bonds. The highest BCUT2D eigenvalue weighted by Crippen LogP contribution is 2.21. The number of carbonyl (C=O) groups excluding carboxylic acids is 1. The summed E-state index contributed by atoms with van der Waals surface area (Å²) in [7, 11) is 0. The number of fused-ring (bicyclic) bond motifs is 1. The van der Waals surface area contributed by atoms with Crippen LogP contribution in [-0.4, -0.2) is 15.8 Å². The average molecular weight is 220 g/mol. The van der Waals surface area contributed by atoms with Crippen molar-refractivity contribution in [3.8, 4) is 0 Å². The molecular weight excluding hydrogens is 208 g/mol. The number of aromatic nitrogens is 2. The highest BCUT2D eigenvalue weighted by Gasteiger charge is 2.09. The molecule has 78 valence electrons. The molecule has 0 fully saturated rings. The van der Waals surface area contributed by atoms with Crippen LogP contribution in [0.5, 0.6) is 0 Å². The number of thiophene rings is 1. The zero-order valence-electron chi connectivity index (χ0n) is 8.56. The van der Waals surface area contributed by atoms with Crippen molar-refractivity contribution in [3.63, 3.8) is 0 Å². The minimum absolute atomic E-state index is 0.255. The van der Waals surface area contributed by atoms with Gasteiger partial charge in [-0.15, -0.1) is 11.3 Å². The zero-order chi connectivity index (χ0) is 10.7. The number of rotatable bonds is 4. The first-order valence-corrected chi connectivity index (χ1v) is 5.88. The Bertz CT molecular complexity index is 478. The van der Waals surface area contributed by atoms with E-state index in [9.17, 15) is 4.79 Å². The Kier molecular flexibility index (Phi) is 3.06. The quantitative estimate of drug-likeness (QED) is 0.795. The third-order valence-corrected chi connectivity index (χ3v) is 3.16. The van der Waals surface area contributed by atoms with Crippen molar-refractivity contribution in [1.29, 1.82) is 0 Å². The van der Waals surface area contributed by atoms with Crippen molar-refractivity contribution in [2.75, 3.05) is 0 Å². The summed E-state index contributed by atoms with van der Waals surface area (Å²) in [5.41, 5.74) is 1.81. The molecule has 3 nitrogen and oxygen atoms in total. The van der Waals surface area contributed by atoms with Gasteiger partial charge in [-0.1, -0.05) is 6.92 Å². The van der Waals surface area contributed by atoms with Crippen LogP contribution >= 0.6 is 11.3 Å². The molecule has 2 heterocycles. The van der Waals surface area contributed by atoms with E-state index >= 15 is 0 Å². The van der Waals surface area contributed by atoms with E-state index in [0.29, 0.717) is 12.8 Å². The molecule has 0 bridgehead atoms. The first-order valence-electron chi connectivity index (χ1n) is 5.00. The third-order valence-electron chi connectivity index (χ3n) is 2.21. The van der Waals surface area contributed by atoms with E-state index in [1.165, 1.54) is 6.33 Å². The second kappa shape index (κ2) is 4.49. The van der Waals surface area contributed by atoms with Crippen molar-refractivity contribution in [2.24, 2.45) is 0 Å².